The highest BCUT2D eigenvalue weighted by Crippen LogP contribution is 2.40. The Bertz CT molecular complexity index is 2300. The number of benzene rings is 2. The zero-order valence-corrected chi connectivity index (χ0v) is 35.1. The van der Waals surface area contributed by atoms with Crippen molar-refractivity contribution in [1.82, 2.24) is 45.6 Å². The molecule has 0 aliphatic carbocycles. The Morgan fingerprint density at radius 1 is 0.820 bits per heavy atom. The Kier molecular flexibility index (Phi) is 13.1. The summed E-state index contributed by atoms with van der Waals surface area (Å²) in [6, 6.07) is 1.66. The van der Waals surface area contributed by atoms with Crippen molar-refractivity contribution in [2.75, 3.05) is 27.2 Å². The largest absolute Gasteiger partial charge is 0.352 e. The number of alkyl halides is 4. The zero-order chi connectivity index (χ0) is 44.7. The van der Waals surface area contributed by atoms with E-state index in [1.807, 2.05) is 0 Å². The van der Waals surface area contributed by atoms with Crippen molar-refractivity contribution < 1.29 is 45.5 Å². The van der Waals surface area contributed by atoms with Crippen LogP contribution in [0.4, 0.5) is 26.3 Å². The first kappa shape index (κ1) is 45.4. The number of hydrogen-bond donors (Lipinski definition) is 5. The summed E-state index contributed by atoms with van der Waals surface area (Å²) >= 11 is 0. The summed E-state index contributed by atoms with van der Waals surface area (Å²) < 4.78 is 92.7. The van der Waals surface area contributed by atoms with Gasteiger partial charge in [-0.05, 0) is 82.6 Å². The molecule has 2 fully saturated rings. The quantitative estimate of drug-likeness (QED) is 0.108. The van der Waals surface area contributed by atoms with Gasteiger partial charge < -0.3 is 40.6 Å². The van der Waals surface area contributed by atoms with E-state index in [2.05, 4.69) is 26.3 Å². The van der Waals surface area contributed by atoms with Crippen LogP contribution in [0.5, 0.6) is 0 Å². The number of fused-ring (bicyclic) bond motifs is 2. The Morgan fingerprint density at radius 3 is 2.00 bits per heavy atom. The molecular formula is C42H53F6N9O4. The molecule has 4 amide bonds. The van der Waals surface area contributed by atoms with Crippen LogP contribution in [0.1, 0.15) is 59.4 Å². The van der Waals surface area contributed by atoms with E-state index in [4.69, 9.17) is 4.98 Å². The molecule has 19 heteroatoms. The van der Waals surface area contributed by atoms with Crippen LogP contribution in [0, 0.1) is 17.6 Å². The Hall–Kier alpha value is -5.17. The lowest BCUT2D eigenvalue weighted by atomic mass is 9.99. The van der Waals surface area contributed by atoms with Gasteiger partial charge in [0.25, 0.3) is 11.8 Å². The van der Waals surface area contributed by atoms with Gasteiger partial charge in [-0.2, -0.15) is 0 Å². The zero-order valence-electron chi connectivity index (χ0n) is 35.1. The smallest absolute Gasteiger partial charge is 0.267 e. The lowest BCUT2D eigenvalue weighted by Gasteiger charge is -2.31. The number of carbonyl (C=O) groups is 4. The SMILES string of the molecule is CCC(NC(=O)C(C)NC)C(=O)N1CC(F)(F)CC1Cc1c(-c2nc3cc(F)ccc3n2CC2CC(F)(F)CN2C(=O)C(NC(=O)C(C)NC)C(C)C)[nH]c2cc(F)ccc12. The van der Waals surface area contributed by atoms with Crippen LogP contribution in [-0.4, -0.2) is 123 Å². The van der Waals surface area contributed by atoms with Gasteiger partial charge in [-0.1, -0.05) is 20.8 Å². The average molecular weight is 862 g/mol. The molecule has 4 aromatic rings. The minimum absolute atomic E-state index is 0.0637. The average Bonchev–Trinajstić information content (AvgIpc) is 3.92. The van der Waals surface area contributed by atoms with Gasteiger partial charge in [-0.15, -0.1) is 0 Å². The van der Waals surface area contributed by atoms with Gasteiger partial charge in [0.15, 0.2) is 5.82 Å². The highest BCUT2D eigenvalue weighted by Gasteiger charge is 2.50. The molecule has 61 heavy (non-hydrogen) atoms. The maximum absolute atomic E-state index is 15.4. The maximum atomic E-state index is 15.4. The normalized spacial score (nSPS) is 20.6. The van der Waals surface area contributed by atoms with E-state index in [-0.39, 0.29) is 41.9 Å². The number of amides is 4. The first-order valence-corrected chi connectivity index (χ1v) is 20.5. The molecule has 2 aliphatic heterocycles. The number of aromatic amines is 1. The number of likely N-dealkylation sites (N-methyl/N-ethyl adjacent to an activating group) is 2. The summed E-state index contributed by atoms with van der Waals surface area (Å²) in [6.07, 6.45) is -1.58. The second-order valence-corrected chi connectivity index (χ2v) is 16.6. The minimum Gasteiger partial charge on any atom is -0.352 e. The Balaban J connectivity index is 1.44. The fraction of sp³-hybridized carbons (Fsp3) is 0.548. The highest BCUT2D eigenvalue weighted by atomic mass is 19.3. The number of carbonyl (C=O) groups excluding carboxylic acids is 4. The second kappa shape index (κ2) is 17.7. The minimum atomic E-state index is -3.32. The molecule has 0 spiro atoms. The van der Waals surface area contributed by atoms with E-state index in [1.54, 1.807) is 48.7 Å². The molecular weight excluding hydrogens is 809 g/mol. The molecule has 332 valence electrons. The van der Waals surface area contributed by atoms with Gasteiger partial charge in [0.05, 0.1) is 47.9 Å². The molecule has 6 rings (SSSR count). The van der Waals surface area contributed by atoms with Crippen LogP contribution in [0.3, 0.4) is 0 Å². The van der Waals surface area contributed by atoms with Crippen LogP contribution >= 0.6 is 0 Å². The lowest BCUT2D eigenvalue weighted by Crippen LogP contribution is -2.56. The first-order valence-electron chi connectivity index (χ1n) is 20.5. The number of rotatable bonds is 15. The molecule has 5 N–H and O–H groups in total. The summed E-state index contributed by atoms with van der Waals surface area (Å²) in [5.74, 6) is -10.7. The number of nitrogens with one attached hydrogen (secondary N) is 5. The maximum Gasteiger partial charge on any atom is 0.267 e. The van der Waals surface area contributed by atoms with E-state index in [9.17, 15) is 28.0 Å². The van der Waals surface area contributed by atoms with Crippen molar-refractivity contribution in [3.63, 3.8) is 0 Å². The standard InChI is InChI=1S/C42H53F6N9O4/c1-8-30(53-37(58)22(4)49-6)39(60)56-19-41(45,46)16-26(56)15-29-28-11-9-24(43)13-31(28)51-35(29)36-52-32-14-25(44)10-12-33(32)55(36)18-27-17-42(47,48)20-57(27)40(61)34(21(2)3)54-38(59)23(5)50-7/h9-14,21-23,26-27,30,34,49-51H,8,15-20H2,1-7H3,(H,53,58)(H,54,59). The Morgan fingerprint density at radius 2 is 1.39 bits per heavy atom. The van der Waals surface area contributed by atoms with Gasteiger partial charge in [0.1, 0.15) is 23.7 Å². The first-order chi connectivity index (χ1) is 28.7. The van der Waals surface area contributed by atoms with Crippen molar-refractivity contribution in [2.24, 2.45) is 5.92 Å². The molecule has 2 aliphatic rings. The number of nitrogens with zero attached hydrogens (tertiary/aromatic N) is 4. The third kappa shape index (κ3) is 9.51. The number of likely N-dealkylation sites (tertiary alicyclic amines) is 2. The number of hydrogen-bond acceptors (Lipinski definition) is 7. The predicted octanol–water partition coefficient (Wildman–Crippen LogP) is 4.73. The van der Waals surface area contributed by atoms with Crippen molar-refractivity contribution in [2.45, 2.75) is 115 Å². The van der Waals surface area contributed by atoms with Gasteiger partial charge in [0, 0.05) is 42.4 Å². The van der Waals surface area contributed by atoms with Crippen molar-refractivity contribution in [3.8, 4) is 11.5 Å². The van der Waals surface area contributed by atoms with Crippen molar-refractivity contribution in [3.05, 3.63) is 53.6 Å². The van der Waals surface area contributed by atoms with Crippen LogP contribution < -0.4 is 21.3 Å². The Labute approximate surface area is 349 Å². The highest BCUT2D eigenvalue weighted by molar-refractivity contribution is 5.93. The molecule has 0 bridgehead atoms. The molecule has 13 nitrogen and oxygen atoms in total. The number of halogens is 6. The number of aromatic nitrogens is 3. The van der Waals surface area contributed by atoms with E-state index in [0.29, 0.717) is 16.5 Å². The third-order valence-corrected chi connectivity index (χ3v) is 11.9. The fourth-order valence-corrected chi connectivity index (χ4v) is 8.28. The van der Waals surface area contributed by atoms with Gasteiger partial charge in [-0.3, -0.25) is 19.2 Å². The number of H-pyrrole nitrogens is 1. The fourth-order valence-electron chi connectivity index (χ4n) is 8.28. The van der Waals surface area contributed by atoms with Gasteiger partial charge in [0.2, 0.25) is 23.6 Å². The molecule has 6 unspecified atom stereocenters. The second-order valence-electron chi connectivity index (χ2n) is 16.6. The molecule has 2 aromatic carbocycles. The summed E-state index contributed by atoms with van der Waals surface area (Å²) in [7, 11) is 3.13. The predicted molar refractivity (Wildman–Crippen MR) is 217 cm³/mol. The summed E-state index contributed by atoms with van der Waals surface area (Å²) in [6.45, 7) is 6.06. The molecule has 4 heterocycles. The van der Waals surface area contributed by atoms with Crippen molar-refractivity contribution >= 4 is 45.6 Å². The molecule has 0 radical (unpaired) electrons. The van der Waals surface area contributed by atoms with E-state index in [1.165, 1.54) is 28.8 Å². The molecule has 2 aromatic heterocycles. The van der Waals surface area contributed by atoms with Crippen molar-refractivity contribution in [1.29, 1.82) is 0 Å². The monoisotopic (exact) mass is 861 g/mol. The van der Waals surface area contributed by atoms with Crippen LogP contribution in [-0.2, 0) is 32.1 Å². The number of imidazole rings is 1. The van der Waals surface area contributed by atoms with Crippen LogP contribution in [0.25, 0.3) is 33.5 Å². The topological polar surface area (TPSA) is 156 Å². The van der Waals surface area contributed by atoms with Gasteiger partial charge in [-0.25, -0.2) is 31.3 Å². The summed E-state index contributed by atoms with van der Waals surface area (Å²) in [4.78, 5) is 63.7. The molecule has 6 atom stereocenters. The lowest BCUT2D eigenvalue weighted by molar-refractivity contribution is -0.139. The summed E-state index contributed by atoms with van der Waals surface area (Å²) in [5, 5.41) is 11.3. The van der Waals surface area contributed by atoms with E-state index < -0.39 is 115 Å². The van der Waals surface area contributed by atoms with Crippen LogP contribution in [0.15, 0.2) is 36.4 Å². The molecule has 0 saturated carbocycles. The summed E-state index contributed by atoms with van der Waals surface area (Å²) in [5.41, 5.74) is 1.18. The molecule has 2 saturated heterocycles. The van der Waals surface area contributed by atoms with E-state index >= 15 is 17.6 Å². The van der Waals surface area contributed by atoms with Crippen LogP contribution in [0.2, 0.25) is 0 Å². The van der Waals surface area contributed by atoms with Gasteiger partial charge >= 0.3 is 0 Å². The van der Waals surface area contributed by atoms with E-state index in [0.717, 1.165) is 21.9 Å². The third-order valence-electron chi connectivity index (χ3n) is 11.9.